The molecule has 6 heteroatoms. The van der Waals surface area contributed by atoms with E-state index < -0.39 is 5.60 Å². The van der Waals surface area contributed by atoms with E-state index in [1.165, 1.54) is 22.3 Å². The lowest BCUT2D eigenvalue weighted by Crippen LogP contribution is -2.52. The Morgan fingerprint density at radius 3 is 2.32 bits per heavy atom. The minimum atomic E-state index is -0.832. The second kappa shape index (κ2) is 10.9. The van der Waals surface area contributed by atoms with Gasteiger partial charge in [-0.3, -0.25) is 4.79 Å². The molecule has 5 atom stereocenters. The number of hydrogen-bond donors (Lipinski definition) is 2. The summed E-state index contributed by atoms with van der Waals surface area (Å²) in [4.78, 5) is 12.1. The first-order valence-electron chi connectivity index (χ1n) is 11.4. The standard InChI is InChI=1S/C27H32O3.CH4.3H2S/c1-16(2)27(30)13-12-24-22-10-6-18-14-20(29)9-11-21(18)25(22)23(15-26(24,27)3)17-4-7-19(28)8-5-17;;;;/h4-5,7-8,14,22-24,28,30H,1,6,9-13,15H2,2-3H3;1H4;3*1H2/t22-,23+,24-,26-,27+;;;;/m0..../s1. The summed E-state index contributed by atoms with van der Waals surface area (Å²) in [6, 6.07) is 7.62. The van der Waals surface area contributed by atoms with Crippen molar-refractivity contribution in [1.82, 2.24) is 0 Å². The molecule has 0 aliphatic heterocycles. The van der Waals surface area contributed by atoms with Crippen molar-refractivity contribution >= 4 is 46.3 Å². The highest BCUT2D eigenvalue weighted by molar-refractivity contribution is 7.59. The first kappa shape index (κ1) is 31.0. The van der Waals surface area contributed by atoms with Gasteiger partial charge in [-0.25, -0.2) is 0 Å². The van der Waals surface area contributed by atoms with Crippen LogP contribution >= 0.6 is 40.5 Å². The first-order valence-corrected chi connectivity index (χ1v) is 11.4. The third-order valence-electron chi connectivity index (χ3n) is 8.89. The molecule has 0 amide bonds. The fraction of sp³-hybridized carbons (Fsp3) is 0.536. The average Bonchev–Trinajstić information content (AvgIpc) is 2.99. The first-order chi connectivity index (χ1) is 14.2. The molecule has 1 aromatic rings. The summed E-state index contributed by atoms with van der Waals surface area (Å²) in [6.07, 6.45) is 8.06. The molecule has 4 aliphatic carbocycles. The van der Waals surface area contributed by atoms with Gasteiger partial charge in [0.15, 0.2) is 5.78 Å². The van der Waals surface area contributed by atoms with Crippen molar-refractivity contribution in [1.29, 1.82) is 0 Å². The molecule has 0 bridgehead atoms. The summed E-state index contributed by atoms with van der Waals surface area (Å²) in [5, 5.41) is 21.6. The van der Waals surface area contributed by atoms with Gasteiger partial charge in [0, 0.05) is 17.8 Å². The lowest BCUT2D eigenvalue weighted by molar-refractivity contribution is -0.114. The quantitative estimate of drug-likeness (QED) is 0.432. The van der Waals surface area contributed by atoms with E-state index in [1.807, 2.05) is 25.1 Å². The van der Waals surface area contributed by atoms with Gasteiger partial charge in [-0.1, -0.05) is 38.6 Å². The van der Waals surface area contributed by atoms with Gasteiger partial charge >= 0.3 is 0 Å². The molecule has 1 aromatic carbocycles. The third-order valence-corrected chi connectivity index (χ3v) is 8.89. The van der Waals surface area contributed by atoms with Crippen molar-refractivity contribution in [2.75, 3.05) is 0 Å². The predicted octanol–water partition coefficient (Wildman–Crippen LogP) is 6.57. The Morgan fingerprint density at radius 1 is 1.06 bits per heavy atom. The van der Waals surface area contributed by atoms with E-state index in [1.54, 1.807) is 12.1 Å². The number of fused-ring (bicyclic) bond motifs is 4. The van der Waals surface area contributed by atoms with Gasteiger partial charge in [0.2, 0.25) is 0 Å². The molecule has 0 spiro atoms. The number of aromatic hydroxyl groups is 1. The summed E-state index contributed by atoms with van der Waals surface area (Å²) < 4.78 is 0. The molecule has 2 N–H and O–H groups in total. The molecule has 0 saturated heterocycles. The maximum Gasteiger partial charge on any atom is 0.156 e. The Bertz CT molecular complexity index is 997. The van der Waals surface area contributed by atoms with Gasteiger partial charge in [0.25, 0.3) is 0 Å². The highest BCUT2D eigenvalue weighted by atomic mass is 32.1. The van der Waals surface area contributed by atoms with Crippen molar-refractivity contribution in [2.24, 2.45) is 17.3 Å². The minimum Gasteiger partial charge on any atom is -0.508 e. The molecule has 0 unspecified atom stereocenters. The maximum atomic E-state index is 12.1. The Morgan fingerprint density at radius 2 is 1.71 bits per heavy atom. The minimum absolute atomic E-state index is 0. The van der Waals surface area contributed by atoms with Crippen molar-refractivity contribution in [3.8, 4) is 5.75 Å². The SMILES string of the molecule is C.C=C(C)[C@]1(O)CC[C@H]2[C@@H]3CCC4=CC(=O)CCC4=C3[C@@H](c3ccc(O)cc3)C[C@@]21C.S.S.S. The van der Waals surface area contributed by atoms with E-state index in [2.05, 4.69) is 13.5 Å². The van der Waals surface area contributed by atoms with Crippen molar-refractivity contribution in [3.05, 3.63) is 64.8 Å². The smallest absolute Gasteiger partial charge is 0.156 e. The van der Waals surface area contributed by atoms with Crippen molar-refractivity contribution in [3.63, 3.8) is 0 Å². The van der Waals surface area contributed by atoms with Crippen molar-refractivity contribution in [2.45, 2.75) is 77.7 Å². The van der Waals surface area contributed by atoms with Crippen LogP contribution in [-0.4, -0.2) is 21.6 Å². The fourth-order valence-electron chi connectivity index (χ4n) is 7.37. The number of rotatable bonds is 2. The van der Waals surface area contributed by atoms with Crippen LogP contribution in [0.2, 0.25) is 0 Å². The van der Waals surface area contributed by atoms with Crippen LogP contribution in [0.3, 0.4) is 0 Å². The third kappa shape index (κ3) is 4.44. The molecule has 190 valence electrons. The van der Waals surface area contributed by atoms with Gasteiger partial charge in [0.05, 0.1) is 5.60 Å². The molecule has 0 aromatic heterocycles. The van der Waals surface area contributed by atoms with Crippen molar-refractivity contribution < 1.29 is 15.0 Å². The average molecular weight is 523 g/mol. The lowest BCUT2D eigenvalue weighted by atomic mass is 9.50. The Hall–Kier alpha value is -1.08. The lowest BCUT2D eigenvalue weighted by Gasteiger charge is -2.55. The van der Waals surface area contributed by atoms with Crippen LogP contribution in [-0.2, 0) is 4.79 Å². The second-order valence-electron chi connectivity index (χ2n) is 10.3. The number of hydrogen-bond acceptors (Lipinski definition) is 3. The Labute approximate surface area is 226 Å². The number of allylic oxidation sites excluding steroid dienone is 4. The van der Waals surface area contributed by atoms with E-state index in [0.29, 0.717) is 18.3 Å². The predicted molar refractivity (Wildman–Crippen MR) is 156 cm³/mol. The van der Waals surface area contributed by atoms with Crippen LogP contribution in [0.4, 0.5) is 0 Å². The molecular formula is C28H42O3S3. The van der Waals surface area contributed by atoms with Crippen LogP contribution in [0.25, 0.3) is 0 Å². The fourth-order valence-corrected chi connectivity index (χ4v) is 7.37. The monoisotopic (exact) mass is 522 g/mol. The van der Waals surface area contributed by atoms with Gasteiger partial charge in [-0.05, 0) is 97.8 Å². The van der Waals surface area contributed by atoms with Gasteiger partial charge < -0.3 is 10.2 Å². The number of carbonyl (C=O) groups excluding carboxylic acids is 1. The molecule has 0 heterocycles. The topological polar surface area (TPSA) is 57.5 Å². The van der Waals surface area contributed by atoms with Gasteiger partial charge in [-0.2, -0.15) is 40.5 Å². The van der Waals surface area contributed by atoms with E-state index in [9.17, 15) is 15.0 Å². The maximum absolute atomic E-state index is 12.1. The van der Waals surface area contributed by atoms with E-state index in [-0.39, 0.29) is 70.8 Å². The van der Waals surface area contributed by atoms with Crippen LogP contribution < -0.4 is 0 Å². The number of aliphatic hydroxyl groups is 1. The molecule has 2 fully saturated rings. The van der Waals surface area contributed by atoms with E-state index in [4.69, 9.17) is 0 Å². The Balaban J connectivity index is 0.00000144. The largest absolute Gasteiger partial charge is 0.508 e. The summed E-state index contributed by atoms with van der Waals surface area (Å²) >= 11 is 0. The zero-order valence-electron chi connectivity index (χ0n) is 19.6. The second-order valence-corrected chi connectivity index (χ2v) is 10.3. The summed E-state index contributed by atoms with van der Waals surface area (Å²) in [5.41, 5.74) is 5.21. The number of benzene rings is 1. The molecule has 34 heavy (non-hydrogen) atoms. The molecule has 4 aliphatic rings. The number of ketones is 1. The van der Waals surface area contributed by atoms with Gasteiger partial charge in [-0.15, -0.1) is 0 Å². The molecule has 0 radical (unpaired) electrons. The summed E-state index contributed by atoms with van der Waals surface area (Å²) in [5.74, 6) is 1.62. The summed E-state index contributed by atoms with van der Waals surface area (Å²) in [7, 11) is 0. The normalized spacial score (nSPS) is 33.4. The molecule has 2 saturated carbocycles. The van der Waals surface area contributed by atoms with Crippen LogP contribution in [0.15, 0.2) is 59.2 Å². The number of carbonyl (C=O) groups is 1. The van der Waals surface area contributed by atoms with Crippen LogP contribution in [0.1, 0.15) is 77.7 Å². The van der Waals surface area contributed by atoms with Gasteiger partial charge in [0.1, 0.15) is 5.75 Å². The molecule has 5 rings (SSSR count). The zero-order chi connectivity index (χ0) is 21.3. The van der Waals surface area contributed by atoms with E-state index in [0.717, 1.165) is 44.1 Å². The van der Waals surface area contributed by atoms with Crippen LogP contribution in [0, 0.1) is 17.3 Å². The molecular weight excluding hydrogens is 481 g/mol. The number of phenols is 1. The molecule has 3 nitrogen and oxygen atoms in total. The Kier molecular flexibility index (Phi) is 9.92. The van der Waals surface area contributed by atoms with E-state index >= 15 is 0 Å². The highest BCUT2D eigenvalue weighted by Crippen LogP contribution is 2.67. The van der Waals surface area contributed by atoms with Crippen LogP contribution in [0.5, 0.6) is 5.75 Å². The zero-order valence-corrected chi connectivity index (χ0v) is 22.6. The highest BCUT2D eigenvalue weighted by Gasteiger charge is 2.63. The summed E-state index contributed by atoms with van der Waals surface area (Å²) in [6.45, 7) is 8.45. The number of phenolic OH excluding ortho intramolecular Hbond substituents is 1.